The summed E-state index contributed by atoms with van der Waals surface area (Å²) in [7, 11) is 1.58. The zero-order valence-electron chi connectivity index (χ0n) is 17.0. The maximum atomic E-state index is 12.7. The molecule has 2 heterocycles. The van der Waals surface area contributed by atoms with Crippen LogP contribution in [0, 0.1) is 0 Å². The van der Waals surface area contributed by atoms with E-state index in [0.717, 1.165) is 5.56 Å². The highest BCUT2D eigenvalue weighted by molar-refractivity contribution is 6.34. The summed E-state index contributed by atoms with van der Waals surface area (Å²) in [5.41, 5.74) is 1.70. The third-order valence-corrected chi connectivity index (χ3v) is 5.02. The molecule has 0 saturated heterocycles. The number of hydrogen-bond acceptors (Lipinski definition) is 4. The van der Waals surface area contributed by atoms with Gasteiger partial charge in [0.15, 0.2) is 0 Å². The van der Waals surface area contributed by atoms with E-state index in [-0.39, 0.29) is 6.54 Å². The van der Waals surface area contributed by atoms with Crippen molar-refractivity contribution in [2.45, 2.75) is 39.5 Å². The van der Waals surface area contributed by atoms with E-state index in [1.165, 1.54) is 0 Å². The van der Waals surface area contributed by atoms with Gasteiger partial charge < -0.3 is 18.9 Å². The second-order valence-electron chi connectivity index (χ2n) is 7.73. The van der Waals surface area contributed by atoms with Gasteiger partial charge >= 0.3 is 6.09 Å². The van der Waals surface area contributed by atoms with Gasteiger partial charge in [-0.15, -0.1) is 0 Å². The van der Waals surface area contributed by atoms with Gasteiger partial charge in [-0.1, -0.05) is 23.7 Å². The van der Waals surface area contributed by atoms with Crippen molar-refractivity contribution in [3.05, 3.63) is 40.7 Å². The van der Waals surface area contributed by atoms with Crippen molar-refractivity contribution in [3.63, 3.8) is 0 Å². The minimum atomic E-state index is -0.607. The normalized spacial score (nSPS) is 13.6. The smallest absolute Gasteiger partial charge is 0.410 e. The third kappa shape index (κ3) is 4.15. The molecule has 1 aromatic heterocycles. The standard InChI is InChI=1S/C21H24ClN3O4/c1-21(2,3)29-20(27)24-10-11-25-15(12-24)17(19(26)23-4)16(18(25)22)13-6-8-14(28-5)9-7-13/h6-9H,4,10-12H2,1-3,5H3. The molecule has 0 unspecified atom stereocenters. The van der Waals surface area contributed by atoms with Crippen LogP contribution in [0.1, 0.15) is 36.8 Å². The first-order valence-corrected chi connectivity index (χ1v) is 9.58. The summed E-state index contributed by atoms with van der Waals surface area (Å²) in [6.45, 7) is 9.89. The topological polar surface area (TPSA) is 73.1 Å². The van der Waals surface area contributed by atoms with Crippen LogP contribution < -0.4 is 4.74 Å². The number of rotatable bonds is 3. The maximum absolute atomic E-state index is 12.7. The van der Waals surface area contributed by atoms with Crippen LogP contribution in [0.3, 0.4) is 0 Å². The fraction of sp³-hybridized carbons (Fsp3) is 0.381. The molecule has 8 heteroatoms. The van der Waals surface area contributed by atoms with E-state index in [9.17, 15) is 9.59 Å². The number of hydrogen-bond donors (Lipinski definition) is 0. The minimum absolute atomic E-state index is 0.196. The summed E-state index contributed by atoms with van der Waals surface area (Å²) in [6.07, 6.45) is -0.433. The highest BCUT2D eigenvalue weighted by Crippen LogP contribution is 2.39. The molecule has 0 bridgehead atoms. The summed E-state index contributed by atoms with van der Waals surface area (Å²) in [5.74, 6) is 0.206. The predicted molar refractivity (Wildman–Crippen MR) is 112 cm³/mol. The summed E-state index contributed by atoms with van der Waals surface area (Å²) in [6, 6.07) is 7.25. The Bertz CT molecular complexity index is 958. The Hall–Kier alpha value is -2.80. The zero-order chi connectivity index (χ0) is 21.3. The first-order valence-electron chi connectivity index (χ1n) is 9.20. The Morgan fingerprint density at radius 1 is 1.17 bits per heavy atom. The fourth-order valence-corrected chi connectivity index (χ4v) is 3.72. The summed E-state index contributed by atoms with van der Waals surface area (Å²) in [4.78, 5) is 30.4. The quantitative estimate of drug-likeness (QED) is 0.693. The number of nitrogens with zero attached hydrogens (tertiary/aromatic N) is 3. The number of benzene rings is 1. The Morgan fingerprint density at radius 3 is 2.38 bits per heavy atom. The van der Waals surface area contributed by atoms with Crippen molar-refractivity contribution >= 4 is 30.3 Å². The number of fused-ring (bicyclic) bond motifs is 1. The van der Waals surface area contributed by atoms with E-state index in [0.29, 0.717) is 40.8 Å². The Kier molecular flexibility index (Phi) is 5.71. The average Bonchev–Trinajstić information content (AvgIpc) is 2.98. The molecule has 7 nitrogen and oxygen atoms in total. The number of carbonyl (C=O) groups excluding carboxylic acids is 2. The van der Waals surface area contributed by atoms with E-state index >= 15 is 0 Å². The number of ether oxygens (including phenoxy) is 2. The number of carbonyl (C=O) groups is 2. The molecule has 1 aromatic carbocycles. The van der Waals surface area contributed by atoms with Crippen molar-refractivity contribution < 1.29 is 19.1 Å². The molecule has 154 valence electrons. The van der Waals surface area contributed by atoms with Gasteiger partial charge in [0.1, 0.15) is 16.5 Å². The first kappa shape index (κ1) is 20.9. The van der Waals surface area contributed by atoms with Crippen LogP contribution in [-0.4, -0.2) is 47.4 Å². The van der Waals surface area contributed by atoms with Crippen molar-refractivity contribution in [3.8, 4) is 16.9 Å². The second kappa shape index (κ2) is 7.91. The van der Waals surface area contributed by atoms with Crippen LogP contribution in [0.5, 0.6) is 5.75 Å². The lowest BCUT2D eigenvalue weighted by Gasteiger charge is -2.31. The van der Waals surface area contributed by atoms with Gasteiger partial charge in [-0.05, 0) is 45.2 Å². The second-order valence-corrected chi connectivity index (χ2v) is 8.09. The lowest BCUT2D eigenvalue weighted by Crippen LogP contribution is -2.41. The minimum Gasteiger partial charge on any atom is -0.497 e. The van der Waals surface area contributed by atoms with E-state index in [1.54, 1.807) is 24.1 Å². The largest absolute Gasteiger partial charge is 0.497 e. The third-order valence-electron chi connectivity index (χ3n) is 4.63. The molecule has 0 radical (unpaired) electrons. The number of halogens is 1. The number of aromatic nitrogens is 1. The Morgan fingerprint density at radius 2 is 1.83 bits per heavy atom. The summed E-state index contributed by atoms with van der Waals surface area (Å²) >= 11 is 6.67. The SMILES string of the molecule is C=NC(=O)c1c(-c2ccc(OC)cc2)c(Cl)n2c1CN(C(=O)OC(C)(C)C)CC2. The van der Waals surface area contributed by atoms with Gasteiger partial charge in [0.25, 0.3) is 5.91 Å². The van der Waals surface area contributed by atoms with Gasteiger partial charge in [0.05, 0.1) is 24.9 Å². The Labute approximate surface area is 174 Å². The molecule has 2 aromatic rings. The van der Waals surface area contributed by atoms with Gasteiger partial charge in [0.2, 0.25) is 0 Å². The Balaban J connectivity index is 2.06. The lowest BCUT2D eigenvalue weighted by molar-refractivity contribution is 0.0198. The monoisotopic (exact) mass is 417 g/mol. The summed E-state index contributed by atoms with van der Waals surface area (Å²) < 4.78 is 12.5. The van der Waals surface area contributed by atoms with Crippen LogP contribution in [0.4, 0.5) is 4.79 Å². The highest BCUT2D eigenvalue weighted by Gasteiger charge is 2.33. The predicted octanol–water partition coefficient (Wildman–Crippen LogP) is 4.41. The van der Waals surface area contributed by atoms with Crippen LogP contribution in [-0.2, 0) is 17.8 Å². The molecule has 29 heavy (non-hydrogen) atoms. The van der Waals surface area contributed by atoms with E-state index < -0.39 is 17.6 Å². The molecular weight excluding hydrogens is 394 g/mol. The fourth-order valence-electron chi connectivity index (χ4n) is 3.33. The van der Waals surface area contributed by atoms with Crippen molar-refractivity contribution in [2.75, 3.05) is 13.7 Å². The van der Waals surface area contributed by atoms with Crippen LogP contribution in [0.25, 0.3) is 11.1 Å². The van der Waals surface area contributed by atoms with Crippen LogP contribution in [0.2, 0.25) is 5.15 Å². The zero-order valence-corrected chi connectivity index (χ0v) is 17.7. The lowest BCUT2D eigenvalue weighted by atomic mass is 10.0. The molecular formula is C21H24ClN3O4. The van der Waals surface area contributed by atoms with Crippen LogP contribution >= 0.6 is 11.6 Å². The van der Waals surface area contributed by atoms with E-state index in [2.05, 4.69) is 11.7 Å². The van der Waals surface area contributed by atoms with Gasteiger partial charge in [0, 0.05) is 18.7 Å². The maximum Gasteiger partial charge on any atom is 0.410 e. The van der Waals surface area contributed by atoms with Crippen molar-refractivity contribution in [1.82, 2.24) is 9.47 Å². The van der Waals surface area contributed by atoms with Crippen molar-refractivity contribution in [2.24, 2.45) is 4.99 Å². The molecule has 0 saturated carbocycles. The molecule has 0 spiro atoms. The first-order chi connectivity index (χ1) is 13.7. The molecule has 1 aliphatic heterocycles. The highest BCUT2D eigenvalue weighted by atomic mass is 35.5. The van der Waals surface area contributed by atoms with Crippen molar-refractivity contribution in [1.29, 1.82) is 0 Å². The van der Waals surface area contributed by atoms with Gasteiger partial charge in [-0.25, -0.2) is 9.79 Å². The average molecular weight is 418 g/mol. The molecule has 0 N–H and O–H groups in total. The number of aliphatic imine (C=N–C) groups is 1. The van der Waals surface area contributed by atoms with E-state index in [4.69, 9.17) is 21.1 Å². The molecule has 3 rings (SSSR count). The van der Waals surface area contributed by atoms with Gasteiger partial charge in [-0.3, -0.25) is 4.79 Å². The molecule has 0 fully saturated rings. The number of amides is 2. The molecule has 2 amide bonds. The molecule has 1 aliphatic rings. The number of methoxy groups -OCH3 is 1. The molecule has 0 atom stereocenters. The van der Waals surface area contributed by atoms with Crippen LogP contribution in [0.15, 0.2) is 29.3 Å². The van der Waals surface area contributed by atoms with E-state index in [1.807, 2.05) is 37.5 Å². The molecule has 0 aliphatic carbocycles. The van der Waals surface area contributed by atoms with Gasteiger partial charge in [-0.2, -0.15) is 0 Å². The summed E-state index contributed by atoms with van der Waals surface area (Å²) in [5, 5.41) is 0.431.